The van der Waals surface area contributed by atoms with E-state index in [-0.39, 0.29) is 28.3 Å². The van der Waals surface area contributed by atoms with Crippen LogP contribution >= 0.6 is 11.6 Å². The molecule has 0 aromatic heterocycles. The second-order valence-electron chi connectivity index (χ2n) is 7.47. The molecule has 156 valence electrons. The first-order chi connectivity index (χ1) is 14.3. The Hall–Kier alpha value is -2.93. The molecule has 2 aliphatic rings. The summed E-state index contributed by atoms with van der Waals surface area (Å²) in [4.78, 5) is 42.4. The lowest BCUT2D eigenvalue weighted by Crippen LogP contribution is -2.50. The van der Waals surface area contributed by atoms with Crippen LogP contribution in [0.15, 0.2) is 36.4 Å². The van der Waals surface area contributed by atoms with Gasteiger partial charge in [-0.15, -0.1) is 0 Å². The number of anilines is 1. The molecule has 0 saturated carbocycles. The van der Waals surface area contributed by atoms with Gasteiger partial charge in [-0.2, -0.15) is 0 Å². The quantitative estimate of drug-likeness (QED) is 0.737. The van der Waals surface area contributed by atoms with Crippen molar-refractivity contribution in [3.63, 3.8) is 0 Å². The fourth-order valence-corrected chi connectivity index (χ4v) is 4.24. The van der Waals surface area contributed by atoms with E-state index in [0.29, 0.717) is 38.3 Å². The van der Waals surface area contributed by atoms with Crippen molar-refractivity contribution < 1.29 is 18.8 Å². The van der Waals surface area contributed by atoms with Crippen LogP contribution in [-0.4, -0.2) is 60.2 Å². The van der Waals surface area contributed by atoms with Crippen molar-refractivity contribution in [3.05, 3.63) is 63.9 Å². The van der Waals surface area contributed by atoms with Crippen molar-refractivity contribution >= 4 is 35.0 Å². The van der Waals surface area contributed by atoms with Crippen LogP contribution in [0, 0.1) is 5.82 Å². The normalized spacial score (nSPS) is 15.9. The Morgan fingerprint density at radius 1 is 0.900 bits per heavy atom. The number of carbonyl (C=O) groups excluding carboxylic acids is 3. The van der Waals surface area contributed by atoms with E-state index in [1.807, 2.05) is 12.1 Å². The molecule has 0 spiro atoms. The molecule has 0 aliphatic carbocycles. The van der Waals surface area contributed by atoms with Gasteiger partial charge in [0.15, 0.2) is 0 Å². The Morgan fingerprint density at radius 3 is 2.20 bits per heavy atom. The number of hydrogen-bond acceptors (Lipinski definition) is 3. The summed E-state index contributed by atoms with van der Waals surface area (Å²) in [5, 5.41) is 0.0799. The maximum Gasteiger partial charge on any atom is 0.255 e. The number of halogens is 2. The molecule has 1 fully saturated rings. The maximum atomic E-state index is 13.2. The highest BCUT2D eigenvalue weighted by Gasteiger charge is 2.28. The molecule has 0 N–H and O–H groups in total. The summed E-state index contributed by atoms with van der Waals surface area (Å²) in [7, 11) is 0. The van der Waals surface area contributed by atoms with Gasteiger partial charge in [-0.05, 0) is 48.4 Å². The summed E-state index contributed by atoms with van der Waals surface area (Å²) in [5.74, 6) is -0.859. The van der Waals surface area contributed by atoms with Crippen LogP contribution in [0.5, 0.6) is 0 Å². The zero-order chi connectivity index (χ0) is 21.4. The fraction of sp³-hybridized carbons (Fsp3) is 0.318. The molecule has 4 rings (SSSR count). The Kier molecular flexibility index (Phi) is 5.47. The molecule has 0 atom stereocenters. The third kappa shape index (κ3) is 3.77. The Morgan fingerprint density at radius 2 is 1.57 bits per heavy atom. The van der Waals surface area contributed by atoms with Gasteiger partial charge in [0.25, 0.3) is 11.8 Å². The molecule has 8 heteroatoms. The van der Waals surface area contributed by atoms with Gasteiger partial charge >= 0.3 is 0 Å². The minimum absolute atomic E-state index is 0.00475. The van der Waals surface area contributed by atoms with E-state index >= 15 is 0 Å². The van der Waals surface area contributed by atoms with Gasteiger partial charge in [0.05, 0.1) is 10.6 Å². The molecule has 6 nitrogen and oxygen atoms in total. The van der Waals surface area contributed by atoms with Crippen molar-refractivity contribution in [3.8, 4) is 0 Å². The van der Waals surface area contributed by atoms with E-state index in [4.69, 9.17) is 11.6 Å². The number of carbonyl (C=O) groups is 3. The SMILES string of the molecule is CC(=O)N1CCc2cc(C(=O)N3CCN(C(=O)c4ccc(F)cc4Cl)CC3)ccc21. The van der Waals surface area contributed by atoms with Gasteiger partial charge in [-0.25, -0.2) is 4.39 Å². The number of amides is 3. The number of nitrogens with zero attached hydrogens (tertiary/aromatic N) is 3. The zero-order valence-electron chi connectivity index (χ0n) is 16.5. The van der Waals surface area contributed by atoms with Crippen LogP contribution in [0.25, 0.3) is 0 Å². The molecular weight excluding hydrogens is 409 g/mol. The topological polar surface area (TPSA) is 60.9 Å². The van der Waals surface area contributed by atoms with Crippen LogP contribution in [-0.2, 0) is 11.2 Å². The molecule has 2 aliphatic heterocycles. The van der Waals surface area contributed by atoms with E-state index < -0.39 is 5.82 Å². The van der Waals surface area contributed by atoms with Crippen LogP contribution in [0.1, 0.15) is 33.2 Å². The first-order valence-corrected chi connectivity index (χ1v) is 10.2. The molecule has 0 bridgehead atoms. The maximum absolute atomic E-state index is 13.2. The molecule has 1 saturated heterocycles. The summed E-state index contributed by atoms with van der Waals surface area (Å²) in [5.41, 5.74) is 2.70. The van der Waals surface area contributed by atoms with E-state index in [1.54, 1.807) is 20.8 Å². The van der Waals surface area contributed by atoms with Gasteiger partial charge in [-0.1, -0.05) is 11.6 Å². The highest BCUT2D eigenvalue weighted by molar-refractivity contribution is 6.33. The molecule has 2 aromatic rings. The Balaban J connectivity index is 1.41. The van der Waals surface area contributed by atoms with Crippen LogP contribution in [0.2, 0.25) is 5.02 Å². The second kappa shape index (κ2) is 8.07. The number of piperazine rings is 1. The van der Waals surface area contributed by atoms with Crippen molar-refractivity contribution in [1.82, 2.24) is 9.80 Å². The Labute approximate surface area is 178 Å². The third-order valence-corrected chi connectivity index (χ3v) is 5.93. The van der Waals surface area contributed by atoms with Crippen molar-refractivity contribution in [2.75, 3.05) is 37.6 Å². The summed E-state index contributed by atoms with van der Waals surface area (Å²) < 4.78 is 13.2. The number of benzene rings is 2. The molecule has 0 radical (unpaired) electrons. The largest absolute Gasteiger partial charge is 0.335 e. The minimum Gasteiger partial charge on any atom is -0.335 e. The molecule has 0 unspecified atom stereocenters. The zero-order valence-corrected chi connectivity index (χ0v) is 17.3. The second-order valence-corrected chi connectivity index (χ2v) is 7.88. The van der Waals surface area contributed by atoms with Crippen LogP contribution in [0.3, 0.4) is 0 Å². The van der Waals surface area contributed by atoms with Crippen molar-refractivity contribution in [2.24, 2.45) is 0 Å². The summed E-state index contributed by atoms with van der Waals surface area (Å²) >= 11 is 6.00. The van der Waals surface area contributed by atoms with E-state index in [2.05, 4.69) is 0 Å². The predicted molar refractivity (Wildman–Crippen MR) is 111 cm³/mol. The van der Waals surface area contributed by atoms with Crippen LogP contribution < -0.4 is 4.90 Å². The van der Waals surface area contributed by atoms with Crippen LogP contribution in [0.4, 0.5) is 10.1 Å². The molecule has 30 heavy (non-hydrogen) atoms. The first-order valence-electron chi connectivity index (χ1n) is 9.80. The van der Waals surface area contributed by atoms with E-state index in [1.165, 1.54) is 19.1 Å². The van der Waals surface area contributed by atoms with Gasteiger partial charge in [0, 0.05) is 50.9 Å². The number of fused-ring (bicyclic) bond motifs is 1. The first kappa shape index (κ1) is 20.3. The third-order valence-electron chi connectivity index (χ3n) is 5.62. The minimum atomic E-state index is -0.493. The monoisotopic (exact) mass is 429 g/mol. The van der Waals surface area contributed by atoms with Gasteiger partial charge in [0.1, 0.15) is 5.82 Å². The molecule has 2 aromatic carbocycles. The molecule has 3 amide bonds. The van der Waals surface area contributed by atoms with Crippen molar-refractivity contribution in [2.45, 2.75) is 13.3 Å². The number of hydrogen-bond donors (Lipinski definition) is 0. The van der Waals surface area contributed by atoms with Gasteiger partial charge in [0.2, 0.25) is 5.91 Å². The highest BCUT2D eigenvalue weighted by atomic mass is 35.5. The van der Waals surface area contributed by atoms with Gasteiger partial charge in [-0.3, -0.25) is 14.4 Å². The molecule has 2 heterocycles. The Bertz CT molecular complexity index is 1030. The molecular formula is C22H21ClFN3O3. The summed E-state index contributed by atoms with van der Waals surface area (Å²) in [6.45, 7) is 3.73. The lowest BCUT2D eigenvalue weighted by atomic mass is 10.1. The predicted octanol–water partition coefficient (Wildman–Crippen LogP) is 2.99. The fourth-order valence-electron chi connectivity index (χ4n) is 3.99. The lowest BCUT2D eigenvalue weighted by Gasteiger charge is -2.35. The van der Waals surface area contributed by atoms with Gasteiger partial charge < -0.3 is 14.7 Å². The van der Waals surface area contributed by atoms with Crippen molar-refractivity contribution in [1.29, 1.82) is 0 Å². The highest BCUT2D eigenvalue weighted by Crippen LogP contribution is 2.29. The lowest BCUT2D eigenvalue weighted by molar-refractivity contribution is -0.116. The smallest absolute Gasteiger partial charge is 0.255 e. The number of rotatable bonds is 2. The average molecular weight is 430 g/mol. The standard InChI is InChI=1S/C22H21ClFN3O3/c1-14(28)27-7-6-15-12-16(2-5-20(15)27)21(29)25-8-10-26(11-9-25)22(30)18-4-3-17(24)13-19(18)23/h2-5,12-13H,6-11H2,1H3. The average Bonchev–Trinajstić information content (AvgIpc) is 3.16. The van der Waals surface area contributed by atoms with E-state index in [0.717, 1.165) is 23.7 Å². The summed E-state index contributed by atoms with van der Waals surface area (Å²) in [6.07, 6.45) is 0.733. The summed E-state index contributed by atoms with van der Waals surface area (Å²) in [6, 6.07) is 9.14. The van der Waals surface area contributed by atoms with E-state index in [9.17, 15) is 18.8 Å².